The molecule has 2 nitrogen and oxygen atoms in total. The van der Waals surface area contributed by atoms with Crippen LogP contribution in [0.25, 0.3) is 0 Å². The van der Waals surface area contributed by atoms with Gasteiger partial charge in [0.05, 0.1) is 0 Å². The van der Waals surface area contributed by atoms with Gasteiger partial charge in [-0.15, -0.1) is 0 Å². The molecule has 0 fully saturated rings. The van der Waals surface area contributed by atoms with Crippen molar-refractivity contribution >= 4 is 0 Å². The number of hydrogen-bond donors (Lipinski definition) is 2. The van der Waals surface area contributed by atoms with Gasteiger partial charge in [0.25, 0.3) is 0 Å². The fraction of sp³-hybridized carbons (Fsp3) is 0.600. The Hall–Kier alpha value is -0.500. The second-order valence-corrected chi connectivity index (χ2v) is 1.20. The minimum absolute atomic E-state index is 0.234. The van der Waals surface area contributed by atoms with Gasteiger partial charge >= 0.3 is 0 Å². The van der Waals surface area contributed by atoms with Crippen molar-refractivity contribution in [1.82, 2.24) is 5.32 Å². The Morgan fingerprint density at radius 2 is 2.43 bits per heavy atom. The van der Waals surface area contributed by atoms with Crippen molar-refractivity contribution in [2.24, 2.45) is 0 Å². The minimum Gasteiger partial charge on any atom is -0.396 e. The van der Waals surface area contributed by atoms with Crippen LogP contribution < -0.4 is 5.32 Å². The average molecular weight is 101 g/mol. The standard InChI is InChI=1S/C5H11NO/c1-6-4-2-3-5-7/h2,4,6-7H,3,5H2,1H3/b4-2-. The predicted octanol–water partition coefficient (Wildman–Crippen LogP) is 0.102. The Morgan fingerprint density at radius 1 is 1.71 bits per heavy atom. The molecule has 2 heteroatoms. The molecule has 0 radical (unpaired) electrons. The van der Waals surface area contributed by atoms with Gasteiger partial charge in [-0.3, -0.25) is 0 Å². The second-order valence-electron chi connectivity index (χ2n) is 1.20. The van der Waals surface area contributed by atoms with E-state index in [9.17, 15) is 0 Å². The summed E-state index contributed by atoms with van der Waals surface area (Å²) in [5, 5.41) is 11.0. The van der Waals surface area contributed by atoms with Gasteiger partial charge in [0.15, 0.2) is 0 Å². The van der Waals surface area contributed by atoms with Gasteiger partial charge in [0, 0.05) is 13.7 Å². The van der Waals surface area contributed by atoms with E-state index in [4.69, 9.17) is 5.11 Å². The van der Waals surface area contributed by atoms with Crippen molar-refractivity contribution in [3.05, 3.63) is 12.3 Å². The maximum Gasteiger partial charge on any atom is 0.0466 e. The summed E-state index contributed by atoms with van der Waals surface area (Å²) < 4.78 is 0. The summed E-state index contributed by atoms with van der Waals surface area (Å²) in [6.45, 7) is 0.234. The first kappa shape index (κ1) is 6.50. The van der Waals surface area contributed by atoms with Crippen molar-refractivity contribution in [1.29, 1.82) is 0 Å². The highest BCUT2D eigenvalue weighted by Crippen LogP contribution is 1.74. The zero-order valence-corrected chi connectivity index (χ0v) is 4.52. The number of nitrogens with one attached hydrogen (secondary N) is 1. The molecule has 0 bridgehead atoms. The Morgan fingerprint density at radius 3 is 2.86 bits per heavy atom. The minimum atomic E-state index is 0.234. The Kier molecular flexibility index (Phi) is 5.11. The molecule has 7 heavy (non-hydrogen) atoms. The van der Waals surface area contributed by atoms with Gasteiger partial charge in [0.2, 0.25) is 0 Å². The summed E-state index contributed by atoms with van der Waals surface area (Å²) in [6.07, 6.45) is 4.41. The molecule has 0 unspecified atom stereocenters. The maximum absolute atomic E-state index is 8.21. The van der Waals surface area contributed by atoms with Crippen molar-refractivity contribution in [3.63, 3.8) is 0 Å². The molecule has 0 aliphatic heterocycles. The normalized spacial score (nSPS) is 10.0. The molecular weight excluding hydrogens is 90.1 g/mol. The van der Waals surface area contributed by atoms with E-state index in [-0.39, 0.29) is 6.61 Å². The molecule has 0 aliphatic rings. The van der Waals surface area contributed by atoms with Crippen LogP contribution >= 0.6 is 0 Å². The van der Waals surface area contributed by atoms with Crippen LogP contribution in [0.2, 0.25) is 0 Å². The highest BCUT2D eigenvalue weighted by Gasteiger charge is 1.68. The van der Waals surface area contributed by atoms with E-state index in [0.29, 0.717) is 0 Å². The van der Waals surface area contributed by atoms with Crippen LogP contribution in [0.15, 0.2) is 12.3 Å². The summed E-state index contributed by atoms with van der Waals surface area (Å²) in [4.78, 5) is 0. The van der Waals surface area contributed by atoms with E-state index in [2.05, 4.69) is 5.32 Å². The molecule has 0 amide bonds. The molecule has 0 saturated heterocycles. The van der Waals surface area contributed by atoms with E-state index >= 15 is 0 Å². The Bertz CT molecular complexity index is 52.0. The molecule has 2 N–H and O–H groups in total. The van der Waals surface area contributed by atoms with Crippen LogP contribution in [0.3, 0.4) is 0 Å². The molecule has 0 spiro atoms. The van der Waals surface area contributed by atoms with Gasteiger partial charge in [-0.25, -0.2) is 0 Å². The summed E-state index contributed by atoms with van der Waals surface area (Å²) in [6, 6.07) is 0. The molecule has 0 aromatic carbocycles. The van der Waals surface area contributed by atoms with E-state index in [1.54, 1.807) is 6.20 Å². The topological polar surface area (TPSA) is 32.3 Å². The van der Waals surface area contributed by atoms with Crippen LogP contribution in [0.5, 0.6) is 0 Å². The lowest BCUT2D eigenvalue weighted by atomic mass is 10.4. The molecule has 0 aliphatic carbocycles. The van der Waals surface area contributed by atoms with Crippen LogP contribution in [-0.2, 0) is 0 Å². The third-order valence-electron chi connectivity index (χ3n) is 0.580. The predicted molar refractivity (Wildman–Crippen MR) is 29.9 cm³/mol. The summed E-state index contributed by atoms with van der Waals surface area (Å²) in [5.74, 6) is 0. The molecule has 0 aromatic rings. The van der Waals surface area contributed by atoms with E-state index in [0.717, 1.165) is 6.42 Å². The van der Waals surface area contributed by atoms with E-state index in [1.165, 1.54) is 0 Å². The third kappa shape index (κ3) is 5.50. The number of hydrogen-bond acceptors (Lipinski definition) is 2. The molecule has 0 rings (SSSR count). The Labute approximate surface area is 43.9 Å². The van der Waals surface area contributed by atoms with Gasteiger partial charge in [0.1, 0.15) is 0 Å². The first-order chi connectivity index (χ1) is 3.41. The average Bonchev–Trinajstić information content (AvgIpc) is 1.69. The summed E-state index contributed by atoms with van der Waals surface area (Å²) >= 11 is 0. The largest absolute Gasteiger partial charge is 0.396 e. The first-order valence-corrected chi connectivity index (χ1v) is 2.35. The molecule has 0 saturated carbocycles. The highest BCUT2D eigenvalue weighted by molar-refractivity contribution is 4.76. The second kappa shape index (κ2) is 5.50. The SMILES string of the molecule is CN/C=C\CCO. The lowest BCUT2D eigenvalue weighted by molar-refractivity contribution is 0.302. The van der Waals surface area contributed by atoms with Gasteiger partial charge < -0.3 is 10.4 Å². The van der Waals surface area contributed by atoms with Gasteiger partial charge in [-0.2, -0.15) is 0 Å². The van der Waals surface area contributed by atoms with Crippen molar-refractivity contribution in [2.45, 2.75) is 6.42 Å². The van der Waals surface area contributed by atoms with E-state index < -0.39 is 0 Å². The zero-order chi connectivity index (χ0) is 5.54. The number of aliphatic hydroxyl groups is 1. The van der Waals surface area contributed by atoms with Gasteiger partial charge in [-0.05, 0) is 12.6 Å². The molecule has 42 valence electrons. The number of rotatable bonds is 3. The van der Waals surface area contributed by atoms with Gasteiger partial charge in [-0.1, -0.05) is 6.08 Å². The lowest BCUT2D eigenvalue weighted by Crippen LogP contribution is -1.91. The smallest absolute Gasteiger partial charge is 0.0466 e. The van der Waals surface area contributed by atoms with Crippen molar-refractivity contribution < 1.29 is 5.11 Å². The maximum atomic E-state index is 8.21. The summed E-state index contributed by atoms with van der Waals surface area (Å²) in [7, 11) is 1.83. The third-order valence-corrected chi connectivity index (χ3v) is 0.580. The molecule has 0 atom stereocenters. The fourth-order valence-corrected chi connectivity index (χ4v) is 0.276. The van der Waals surface area contributed by atoms with Crippen LogP contribution in [0.4, 0.5) is 0 Å². The van der Waals surface area contributed by atoms with Crippen LogP contribution in [-0.4, -0.2) is 18.8 Å². The van der Waals surface area contributed by atoms with E-state index in [1.807, 2.05) is 13.1 Å². The molecular formula is C5H11NO. The Balaban J connectivity index is 2.78. The molecule has 0 heterocycles. The monoisotopic (exact) mass is 101 g/mol. The van der Waals surface area contributed by atoms with Crippen molar-refractivity contribution in [2.75, 3.05) is 13.7 Å². The van der Waals surface area contributed by atoms with Crippen molar-refractivity contribution in [3.8, 4) is 0 Å². The number of aliphatic hydroxyl groups excluding tert-OH is 1. The zero-order valence-electron chi connectivity index (χ0n) is 4.52. The lowest BCUT2D eigenvalue weighted by Gasteiger charge is -1.83. The summed E-state index contributed by atoms with van der Waals surface area (Å²) in [5.41, 5.74) is 0. The van der Waals surface area contributed by atoms with Crippen LogP contribution in [0.1, 0.15) is 6.42 Å². The van der Waals surface area contributed by atoms with Crippen LogP contribution in [0, 0.1) is 0 Å². The highest BCUT2D eigenvalue weighted by atomic mass is 16.2. The fourth-order valence-electron chi connectivity index (χ4n) is 0.276. The molecule has 0 aromatic heterocycles. The first-order valence-electron chi connectivity index (χ1n) is 2.35. The quantitative estimate of drug-likeness (QED) is 0.528.